The standard InChI is InChI=1S/C5H8Cl2O/c1-3(8)4-2-5(4,6)7/h3-4,8H,2H2,1H3. The highest BCUT2D eigenvalue weighted by molar-refractivity contribution is 6.50. The molecule has 2 atom stereocenters. The minimum atomic E-state index is -0.617. The Balaban J connectivity index is 2.37. The average Bonchev–Trinajstić information content (AvgIpc) is 2.13. The van der Waals surface area contributed by atoms with Crippen LogP contribution in [0.4, 0.5) is 0 Å². The lowest BCUT2D eigenvalue weighted by Crippen LogP contribution is -2.07. The Hall–Kier alpha value is 0.540. The molecule has 1 fully saturated rings. The van der Waals surface area contributed by atoms with Gasteiger partial charge in [-0.05, 0) is 13.3 Å². The third-order valence-corrected chi connectivity index (χ3v) is 2.33. The fourth-order valence-corrected chi connectivity index (χ4v) is 1.45. The first-order chi connectivity index (χ1) is 3.54. The highest BCUT2D eigenvalue weighted by Gasteiger charge is 2.53. The molecule has 48 valence electrons. The maximum absolute atomic E-state index is 8.86. The first-order valence-electron chi connectivity index (χ1n) is 2.60. The molecule has 1 aliphatic rings. The number of rotatable bonds is 1. The highest BCUT2D eigenvalue weighted by atomic mass is 35.5. The molecular weight excluding hydrogens is 147 g/mol. The van der Waals surface area contributed by atoms with Crippen LogP contribution in [0.2, 0.25) is 0 Å². The molecule has 0 aromatic rings. The summed E-state index contributed by atoms with van der Waals surface area (Å²) in [7, 11) is 0. The van der Waals surface area contributed by atoms with Crippen molar-refractivity contribution >= 4 is 23.2 Å². The van der Waals surface area contributed by atoms with Gasteiger partial charge < -0.3 is 5.11 Å². The van der Waals surface area contributed by atoms with Crippen molar-refractivity contribution in [3.8, 4) is 0 Å². The molecule has 0 aromatic carbocycles. The lowest BCUT2D eigenvalue weighted by Gasteiger charge is -2.00. The van der Waals surface area contributed by atoms with Gasteiger partial charge in [-0.15, -0.1) is 23.2 Å². The molecule has 1 nitrogen and oxygen atoms in total. The summed E-state index contributed by atoms with van der Waals surface area (Å²) in [6.45, 7) is 1.71. The van der Waals surface area contributed by atoms with Crippen molar-refractivity contribution < 1.29 is 5.11 Å². The monoisotopic (exact) mass is 154 g/mol. The second kappa shape index (κ2) is 1.76. The van der Waals surface area contributed by atoms with Crippen molar-refractivity contribution in [3.05, 3.63) is 0 Å². The smallest absolute Gasteiger partial charge is 0.124 e. The molecule has 0 radical (unpaired) electrons. The molecule has 0 aliphatic heterocycles. The van der Waals surface area contributed by atoms with Crippen LogP contribution in [0, 0.1) is 5.92 Å². The summed E-state index contributed by atoms with van der Waals surface area (Å²) in [5.41, 5.74) is 0. The number of aliphatic hydroxyl groups is 1. The van der Waals surface area contributed by atoms with Gasteiger partial charge in [0.2, 0.25) is 0 Å². The zero-order valence-corrected chi connectivity index (χ0v) is 6.08. The molecule has 8 heavy (non-hydrogen) atoms. The van der Waals surface area contributed by atoms with Crippen molar-refractivity contribution in [1.82, 2.24) is 0 Å². The lowest BCUT2D eigenvalue weighted by atomic mass is 10.3. The summed E-state index contributed by atoms with van der Waals surface area (Å²) >= 11 is 11.2. The maximum atomic E-state index is 8.86. The van der Waals surface area contributed by atoms with Crippen LogP contribution >= 0.6 is 23.2 Å². The fraction of sp³-hybridized carbons (Fsp3) is 1.00. The second-order valence-electron chi connectivity index (χ2n) is 2.31. The van der Waals surface area contributed by atoms with E-state index in [1.54, 1.807) is 6.92 Å². The van der Waals surface area contributed by atoms with E-state index < -0.39 is 4.33 Å². The van der Waals surface area contributed by atoms with Gasteiger partial charge in [0.15, 0.2) is 0 Å². The Kier molecular flexibility index (Phi) is 1.46. The van der Waals surface area contributed by atoms with Crippen molar-refractivity contribution in [2.45, 2.75) is 23.8 Å². The first kappa shape index (κ1) is 6.66. The molecule has 1 rings (SSSR count). The Bertz CT molecular complexity index is 101. The van der Waals surface area contributed by atoms with Crippen molar-refractivity contribution in [3.63, 3.8) is 0 Å². The van der Waals surface area contributed by atoms with E-state index >= 15 is 0 Å². The van der Waals surface area contributed by atoms with Gasteiger partial charge >= 0.3 is 0 Å². The van der Waals surface area contributed by atoms with Crippen LogP contribution in [0.15, 0.2) is 0 Å². The van der Waals surface area contributed by atoms with Crippen LogP contribution in [0.25, 0.3) is 0 Å². The number of hydrogen-bond donors (Lipinski definition) is 1. The lowest BCUT2D eigenvalue weighted by molar-refractivity contribution is 0.170. The predicted molar refractivity (Wildman–Crippen MR) is 34.2 cm³/mol. The summed E-state index contributed by atoms with van der Waals surface area (Å²) in [5.74, 6) is 0.103. The predicted octanol–water partition coefficient (Wildman–Crippen LogP) is 1.56. The normalized spacial score (nSPS) is 36.8. The maximum Gasteiger partial charge on any atom is 0.124 e. The fourth-order valence-electron chi connectivity index (χ4n) is 0.758. The van der Waals surface area contributed by atoms with Gasteiger partial charge in [0.1, 0.15) is 4.33 Å². The van der Waals surface area contributed by atoms with Crippen LogP contribution < -0.4 is 0 Å². The molecule has 0 heterocycles. The minimum absolute atomic E-state index is 0.103. The molecule has 0 bridgehead atoms. The molecule has 2 unspecified atom stereocenters. The summed E-state index contributed by atoms with van der Waals surface area (Å²) < 4.78 is -0.617. The van der Waals surface area contributed by atoms with Crippen LogP contribution in [0.1, 0.15) is 13.3 Å². The number of halogens is 2. The number of alkyl halides is 2. The summed E-state index contributed by atoms with van der Waals surface area (Å²) in [6, 6.07) is 0. The summed E-state index contributed by atoms with van der Waals surface area (Å²) in [4.78, 5) is 0. The summed E-state index contributed by atoms with van der Waals surface area (Å²) in [5, 5.41) is 8.86. The van der Waals surface area contributed by atoms with Crippen LogP contribution in [0.3, 0.4) is 0 Å². The molecule has 0 spiro atoms. The number of hydrogen-bond acceptors (Lipinski definition) is 1. The zero-order valence-electron chi connectivity index (χ0n) is 4.56. The molecular formula is C5H8Cl2O. The van der Waals surface area contributed by atoms with Gasteiger partial charge in [-0.3, -0.25) is 0 Å². The molecule has 1 N–H and O–H groups in total. The Labute approximate surface area is 58.6 Å². The van der Waals surface area contributed by atoms with Gasteiger partial charge in [0.25, 0.3) is 0 Å². The molecule has 0 aromatic heterocycles. The van der Waals surface area contributed by atoms with Gasteiger partial charge in [-0.1, -0.05) is 0 Å². The SMILES string of the molecule is CC(O)C1CC1(Cl)Cl. The van der Waals surface area contributed by atoms with E-state index in [9.17, 15) is 0 Å². The van der Waals surface area contributed by atoms with E-state index in [0.29, 0.717) is 0 Å². The van der Waals surface area contributed by atoms with Gasteiger partial charge in [0.05, 0.1) is 6.10 Å². The van der Waals surface area contributed by atoms with Crippen molar-refractivity contribution in [1.29, 1.82) is 0 Å². The minimum Gasteiger partial charge on any atom is -0.393 e. The van der Waals surface area contributed by atoms with E-state index in [-0.39, 0.29) is 12.0 Å². The van der Waals surface area contributed by atoms with E-state index in [1.165, 1.54) is 0 Å². The van der Waals surface area contributed by atoms with E-state index in [1.807, 2.05) is 0 Å². The summed E-state index contributed by atoms with van der Waals surface area (Å²) in [6.07, 6.45) is 0.373. The average molecular weight is 155 g/mol. The quantitative estimate of drug-likeness (QED) is 0.569. The molecule has 1 saturated carbocycles. The second-order valence-corrected chi connectivity index (χ2v) is 3.85. The zero-order chi connectivity index (χ0) is 6.36. The van der Waals surface area contributed by atoms with Crippen molar-refractivity contribution in [2.75, 3.05) is 0 Å². The molecule has 0 saturated heterocycles. The molecule has 1 aliphatic carbocycles. The van der Waals surface area contributed by atoms with Crippen LogP contribution in [-0.4, -0.2) is 15.5 Å². The Morgan fingerprint density at radius 2 is 2.12 bits per heavy atom. The van der Waals surface area contributed by atoms with Gasteiger partial charge in [-0.25, -0.2) is 0 Å². The van der Waals surface area contributed by atoms with Crippen LogP contribution in [0.5, 0.6) is 0 Å². The van der Waals surface area contributed by atoms with E-state index in [0.717, 1.165) is 6.42 Å². The highest BCUT2D eigenvalue weighted by Crippen LogP contribution is 2.54. The third kappa shape index (κ3) is 1.09. The molecule has 3 heteroatoms. The van der Waals surface area contributed by atoms with Gasteiger partial charge in [-0.2, -0.15) is 0 Å². The largest absolute Gasteiger partial charge is 0.393 e. The van der Waals surface area contributed by atoms with Crippen LogP contribution in [-0.2, 0) is 0 Å². The third-order valence-electron chi connectivity index (χ3n) is 1.46. The topological polar surface area (TPSA) is 20.2 Å². The first-order valence-corrected chi connectivity index (χ1v) is 3.35. The van der Waals surface area contributed by atoms with E-state index in [2.05, 4.69) is 0 Å². The molecule has 0 amide bonds. The number of aliphatic hydroxyl groups excluding tert-OH is 1. The van der Waals surface area contributed by atoms with E-state index in [4.69, 9.17) is 28.3 Å². The van der Waals surface area contributed by atoms with Crippen molar-refractivity contribution in [2.24, 2.45) is 5.92 Å². The Morgan fingerprint density at radius 3 is 2.12 bits per heavy atom. The Morgan fingerprint density at radius 1 is 1.75 bits per heavy atom. The van der Waals surface area contributed by atoms with Gasteiger partial charge in [0, 0.05) is 5.92 Å².